The van der Waals surface area contributed by atoms with Crippen LogP contribution in [0.15, 0.2) is 24.5 Å². The Morgan fingerprint density at radius 3 is 2.75 bits per heavy atom. The summed E-state index contributed by atoms with van der Waals surface area (Å²) in [6, 6.07) is 5.78. The third-order valence-electron chi connectivity index (χ3n) is 2.78. The number of nitrogens with zero attached hydrogens (tertiary/aromatic N) is 2. The molecule has 2 rings (SSSR count). The lowest BCUT2D eigenvalue weighted by atomic mass is 10.2. The molecule has 0 aliphatic rings. The third-order valence-corrected chi connectivity index (χ3v) is 3.24. The van der Waals surface area contributed by atoms with Gasteiger partial charge in [-0.15, -0.1) is 0 Å². The van der Waals surface area contributed by atoms with Gasteiger partial charge in [0.1, 0.15) is 0 Å². The number of carbonyl (C=O) groups is 1. The minimum Gasteiger partial charge on any atom is -0.281 e. The second kappa shape index (κ2) is 4.37. The number of aromatic nitrogens is 2. The van der Waals surface area contributed by atoms with Crippen molar-refractivity contribution in [3.63, 3.8) is 0 Å². The first-order valence-corrected chi connectivity index (χ1v) is 6.18. The van der Waals surface area contributed by atoms with Crippen molar-refractivity contribution >= 4 is 31.7 Å². The number of imidazole rings is 1. The Bertz CT molecular complexity index is 545. The van der Waals surface area contributed by atoms with Crippen LogP contribution in [0.25, 0.3) is 11.0 Å². The molecule has 0 aliphatic carbocycles. The molecular formula is C12H14BrN2O+. The van der Waals surface area contributed by atoms with Crippen molar-refractivity contribution < 1.29 is 9.36 Å². The van der Waals surface area contributed by atoms with Gasteiger partial charge < -0.3 is 0 Å². The molecule has 2 aromatic rings. The van der Waals surface area contributed by atoms with Crippen molar-refractivity contribution in [2.75, 3.05) is 0 Å². The Kier molecular flexibility index (Phi) is 3.10. The number of carbonyl (C=O) groups excluding carboxylic acids is 1. The highest BCUT2D eigenvalue weighted by Crippen LogP contribution is 2.16. The summed E-state index contributed by atoms with van der Waals surface area (Å²) in [5.41, 5.74) is 2.97. The van der Waals surface area contributed by atoms with E-state index in [2.05, 4.69) is 45.2 Å². The quantitative estimate of drug-likeness (QED) is 0.627. The van der Waals surface area contributed by atoms with E-state index in [4.69, 9.17) is 0 Å². The van der Waals surface area contributed by atoms with E-state index in [0.717, 1.165) is 18.6 Å². The van der Waals surface area contributed by atoms with Crippen LogP contribution in [-0.2, 0) is 13.1 Å². The number of aryl methyl sites for hydroxylation is 2. The van der Waals surface area contributed by atoms with Crippen molar-refractivity contribution in [3.8, 4) is 0 Å². The lowest BCUT2D eigenvalue weighted by Gasteiger charge is -1.95. The summed E-state index contributed by atoms with van der Waals surface area (Å²) in [6.07, 6.45) is 2.09. The monoisotopic (exact) mass is 281 g/mol. The van der Waals surface area contributed by atoms with Crippen LogP contribution in [0.3, 0.4) is 0 Å². The highest BCUT2D eigenvalue weighted by Gasteiger charge is 2.15. The van der Waals surface area contributed by atoms with Crippen LogP contribution >= 0.6 is 15.9 Å². The molecule has 84 valence electrons. The maximum Gasteiger partial charge on any atom is 0.244 e. The molecule has 0 fully saturated rings. The van der Waals surface area contributed by atoms with Gasteiger partial charge in [-0.05, 0) is 41.9 Å². The fourth-order valence-electron chi connectivity index (χ4n) is 1.92. The van der Waals surface area contributed by atoms with Crippen molar-refractivity contribution in [1.29, 1.82) is 0 Å². The highest BCUT2D eigenvalue weighted by atomic mass is 79.9. The van der Waals surface area contributed by atoms with Crippen LogP contribution in [0.5, 0.6) is 0 Å². The molecule has 1 aromatic carbocycles. The molecule has 0 saturated heterocycles. The Morgan fingerprint density at radius 1 is 1.44 bits per heavy atom. The molecule has 0 spiro atoms. The summed E-state index contributed by atoms with van der Waals surface area (Å²) >= 11 is 2.98. The molecule has 0 N–H and O–H groups in total. The first-order chi connectivity index (χ1) is 7.67. The summed E-state index contributed by atoms with van der Waals surface area (Å²) < 4.78 is 4.26. The zero-order chi connectivity index (χ0) is 11.7. The predicted octanol–water partition coefficient (Wildman–Crippen LogP) is 2.50. The van der Waals surface area contributed by atoms with Gasteiger partial charge in [0.05, 0.1) is 13.1 Å². The Hall–Kier alpha value is -1.16. The molecule has 0 bridgehead atoms. The van der Waals surface area contributed by atoms with Crippen LogP contribution < -0.4 is 4.57 Å². The van der Waals surface area contributed by atoms with Crippen LogP contribution in [0, 0.1) is 0 Å². The minimum atomic E-state index is -0.0682. The molecular weight excluding hydrogens is 268 g/mol. The molecule has 0 unspecified atom stereocenters. The first kappa shape index (κ1) is 11.3. The van der Waals surface area contributed by atoms with E-state index in [1.54, 1.807) is 0 Å². The van der Waals surface area contributed by atoms with Gasteiger partial charge in [-0.2, -0.15) is 0 Å². The molecule has 0 radical (unpaired) electrons. The Labute approximate surface area is 103 Å². The van der Waals surface area contributed by atoms with Crippen molar-refractivity contribution in [1.82, 2.24) is 4.57 Å². The van der Waals surface area contributed by atoms with Gasteiger partial charge in [0.2, 0.25) is 11.0 Å². The average Bonchev–Trinajstić information content (AvgIpc) is 2.65. The number of hydrogen-bond acceptors (Lipinski definition) is 1. The van der Waals surface area contributed by atoms with Gasteiger partial charge in [0, 0.05) is 11.6 Å². The van der Waals surface area contributed by atoms with Gasteiger partial charge in [0.15, 0.2) is 11.0 Å². The van der Waals surface area contributed by atoms with Crippen LogP contribution in [-0.4, -0.2) is 9.26 Å². The first-order valence-electron chi connectivity index (χ1n) is 5.39. The van der Waals surface area contributed by atoms with Gasteiger partial charge in [-0.3, -0.25) is 4.79 Å². The third kappa shape index (κ3) is 1.78. The number of rotatable bonds is 3. The smallest absolute Gasteiger partial charge is 0.244 e. The lowest BCUT2D eigenvalue weighted by molar-refractivity contribution is -0.668. The van der Waals surface area contributed by atoms with Crippen molar-refractivity contribution in [3.05, 3.63) is 30.1 Å². The van der Waals surface area contributed by atoms with E-state index >= 15 is 0 Å². The highest BCUT2D eigenvalue weighted by molar-refractivity contribution is 9.18. The van der Waals surface area contributed by atoms with Crippen molar-refractivity contribution in [2.45, 2.75) is 26.9 Å². The van der Waals surface area contributed by atoms with E-state index in [9.17, 15) is 4.79 Å². The van der Waals surface area contributed by atoms with E-state index < -0.39 is 0 Å². The largest absolute Gasteiger partial charge is 0.281 e. The van der Waals surface area contributed by atoms with Gasteiger partial charge in [-0.1, -0.05) is 0 Å². The summed E-state index contributed by atoms with van der Waals surface area (Å²) in [5.74, 6) is 0. The van der Waals surface area contributed by atoms with Gasteiger partial charge in [-0.25, -0.2) is 9.13 Å². The molecule has 1 aromatic heterocycles. The zero-order valence-electron chi connectivity index (χ0n) is 9.40. The lowest BCUT2D eigenvalue weighted by Crippen LogP contribution is -2.30. The molecule has 0 amide bonds. The molecule has 16 heavy (non-hydrogen) atoms. The topological polar surface area (TPSA) is 25.9 Å². The van der Waals surface area contributed by atoms with Gasteiger partial charge in [0.25, 0.3) is 0 Å². The van der Waals surface area contributed by atoms with Crippen molar-refractivity contribution in [2.24, 2.45) is 0 Å². The zero-order valence-corrected chi connectivity index (χ0v) is 11.0. The number of halogens is 1. The maximum atomic E-state index is 11.3. The van der Waals surface area contributed by atoms with Crippen LogP contribution in [0.1, 0.15) is 24.2 Å². The second-order valence-corrected chi connectivity index (χ2v) is 4.38. The van der Waals surface area contributed by atoms with E-state index in [1.807, 2.05) is 18.2 Å². The maximum absolute atomic E-state index is 11.3. The minimum absolute atomic E-state index is 0.0682. The summed E-state index contributed by atoms with van der Waals surface area (Å²) in [4.78, 5) is 11.3. The normalized spacial score (nSPS) is 10.9. The summed E-state index contributed by atoms with van der Waals surface area (Å²) in [6.45, 7) is 6.06. The summed E-state index contributed by atoms with van der Waals surface area (Å²) in [7, 11) is 0. The molecule has 0 saturated carbocycles. The number of benzene rings is 1. The van der Waals surface area contributed by atoms with Crippen LogP contribution in [0.4, 0.5) is 0 Å². The van der Waals surface area contributed by atoms with E-state index in [0.29, 0.717) is 5.56 Å². The number of fused-ring (bicyclic) bond motifs is 1. The van der Waals surface area contributed by atoms with Gasteiger partial charge >= 0.3 is 0 Å². The molecule has 0 atom stereocenters. The standard InChI is InChI=1S/C12H14BrN2O/c1-3-14-8-15(4-2)11-7-9(12(13)16)5-6-10(11)14/h5-8H,3-4H2,1-2H3/q+1. The molecule has 3 nitrogen and oxygen atoms in total. The summed E-state index contributed by atoms with van der Waals surface area (Å²) in [5, 5.41) is 0. The predicted molar refractivity (Wildman–Crippen MR) is 66.7 cm³/mol. The molecule has 1 heterocycles. The fraction of sp³-hybridized carbons (Fsp3) is 0.333. The second-order valence-electron chi connectivity index (χ2n) is 3.66. The van der Waals surface area contributed by atoms with E-state index in [1.165, 1.54) is 5.52 Å². The number of hydrogen-bond donors (Lipinski definition) is 0. The fourth-order valence-corrected chi connectivity index (χ4v) is 2.16. The average molecular weight is 282 g/mol. The Balaban J connectivity index is 2.71. The van der Waals surface area contributed by atoms with E-state index in [-0.39, 0.29) is 4.69 Å². The Morgan fingerprint density at radius 2 is 2.19 bits per heavy atom. The SMILES string of the molecule is CCn1c[n+](CC)c2ccc(C(=O)Br)cc21. The molecule has 4 heteroatoms. The molecule has 0 aliphatic heterocycles. The van der Waals surface area contributed by atoms with Crippen LogP contribution in [0.2, 0.25) is 0 Å².